The number of nitrogens with zero attached hydrogens (tertiary/aromatic N) is 4. The second-order valence-corrected chi connectivity index (χ2v) is 10.8. The molecule has 0 atom stereocenters. The van der Waals surface area contributed by atoms with Crippen molar-refractivity contribution >= 4 is 11.0 Å². The number of imidazole rings is 1. The normalized spacial score (nSPS) is 11.2. The van der Waals surface area contributed by atoms with Gasteiger partial charge in [-0.2, -0.15) is 5.26 Å². The summed E-state index contributed by atoms with van der Waals surface area (Å²) in [5.41, 5.74) is 8.26. The largest absolute Gasteiger partial charge is 0.507 e. The van der Waals surface area contributed by atoms with Crippen molar-refractivity contribution < 1.29 is 26.2 Å². The Balaban J connectivity index is 0.00000337. The van der Waals surface area contributed by atoms with E-state index in [0.29, 0.717) is 17.0 Å². The van der Waals surface area contributed by atoms with Crippen LogP contribution in [0.4, 0.5) is 0 Å². The second-order valence-electron chi connectivity index (χ2n) is 10.8. The number of rotatable bonds is 4. The van der Waals surface area contributed by atoms with Gasteiger partial charge in [-0.05, 0) is 47.9 Å². The minimum atomic E-state index is -0.0979. The average Bonchev–Trinajstić information content (AvgIpc) is 3.37. The van der Waals surface area contributed by atoms with Crippen LogP contribution in [0.3, 0.4) is 0 Å². The third-order valence-electron chi connectivity index (χ3n) is 7.03. The van der Waals surface area contributed by atoms with Crippen LogP contribution in [0.15, 0.2) is 103 Å². The summed E-state index contributed by atoms with van der Waals surface area (Å²) >= 11 is 0. The van der Waals surface area contributed by atoms with E-state index < -0.39 is 0 Å². The van der Waals surface area contributed by atoms with Crippen molar-refractivity contribution in [1.82, 2.24) is 14.5 Å². The molecule has 0 aliphatic carbocycles. The monoisotopic (exact) mass is 714 g/mol. The molecule has 6 rings (SSSR count). The van der Waals surface area contributed by atoms with Gasteiger partial charge in [-0.25, -0.2) is 4.98 Å². The van der Waals surface area contributed by atoms with Gasteiger partial charge in [-0.3, -0.25) is 9.55 Å². The van der Waals surface area contributed by atoms with Crippen LogP contribution in [0, 0.1) is 17.4 Å². The minimum absolute atomic E-state index is 0. The van der Waals surface area contributed by atoms with E-state index in [1.807, 2.05) is 65.2 Å². The fourth-order valence-corrected chi connectivity index (χ4v) is 4.94. The number of pyridine rings is 1. The van der Waals surface area contributed by atoms with Crippen LogP contribution in [-0.2, 0) is 26.5 Å². The number of fused-ring (bicyclic) bond motifs is 1. The number of phenols is 1. The number of phenolic OH excluding ortho intramolecular Hbond substituents is 1. The number of hydrogen-bond donors (Lipinski definition) is 1. The summed E-state index contributed by atoms with van der Waals surface area (Å²) < 4.78 is 2.00. The quantitative estimate of drug-likeness (QED) is 0.188. The summed E-state index contributed by atoms with van der Waals surface area (Å²) in [5.74, 6) is 0.725. The SMILES string of the molecule is CC(C)(C)c1cc(-c2ccccn2)[c-]c(-c2cccc3c2nc(-c2ccccc2O)n3-c2cccc(C#N)c2)c1.[Pt]. The van der Waals surface area contributed by atoms with Gasteiger partial charge in [0.2, 0.25) is 0 Å². The molecule has 2 heterocycles. The molecule has 5 nitrogen and oxygen atoms in total. The molecular weight excluding hydrogens is 687 g/mol. The van der Waals surface area contributed by atoms with Crippen LogP contribution < -0.4 is 0 Å². The van der Waals surface area contributed by atoms with E-state index in [9.17, 15) is 10.4 Å². The number of aromatic nitrogens is 3. The van der Waals surface area contributed by atoms with E-state index >= 15 is 0 Å². The van der Waals surface area contributed by atoms with Gasteiger partial charge in [0, 0.05) is 38.6 Å². The Labute approximate surface area is 254 Å². The van der Waals surface area contributed by atoms with Gasteiger partial charge in [0.1, 0.15) is 11.6 Å². The molecule has 0 bridgehead atoms. The van der Waals surface area contributed by atoms with Crippen LogP contribution in [0.2, 0.25) is 0 Å². The average molecular weight is 715 g/mol. The van der Waals surface area contributed by atoms with E-state index in [4.69, 9.17) is 4.98 Å². The Morgan fingerprint density at radius 3 is 2.29 bits per heavy atom. The van der Waals surface area contributed by atoms with Gasteiger partial charge in [0.25, 0.3) is 0 Å². The van der Waals surface area contributed by atoms with Crippen molar-refractivity contribution in [3.05, 3.63) is 120 Å². The zero-order valence-electron chi connectivity index (χ0n) is 22.9. The molecular formula is C35H27N4OPt-. The first-order valence-electron chi connectivity index (χ1n) is 13.1. The van der Waals surface area contributed by atoms with Gasteiger partial charge in [0.15, 0.2) is 0 Å². The van der Waals surface area contributed by atoms with Crippen molar-refractivity contribution in [1.29, 1.82) is 5.26 Å². The zero-order chi connectivity index (χ0) is 27.9. The summed E-state index contributed by atoms with van der Waals surface area (Å²) in [5, 5.41) is 20.4. The summed E-state index contributed by atoms with van der Waals surface area (Å²) in [6.45, 7) is 6.59. The van der Waals surface area contributed by atoms with Crippen molar-refractivity contribution in [2.24, 2.45) is 0 Å². The maximum atomic E-state index is 10.8. The van der Waals surface area contributed by atoms with E-state index in [1.165, 1.54) is 5.56 Å². The number of hydrogen-bond acceptors (Lipinski definition) is 4. The molecule has 0 amide bonds. The van der Waals surface area contributed by atoms with E-state index in [1.54, 1.807) is 24.4 Å². The maximum absolute atomic E-state index is 10.8. The van der Waals surface area contributed by atoms with E-state index in [2.05, 4.69) is 56.1 Å². The predicted molar refractivity (Wildman–Crippen MR) is 159 cm³/mol. The molecule has 6 aromatic rings. The summed E-state index contributed by atoms with van der Waals surface area (Å²) in [6.07, 6.45) is 1.79. The molecule has 0 saturated heterocycles. The smallest absolute Gasteiger partial charge is 0.148 e. The van der Waals surface area contributed by atoms with E-state index in [0.717, 1.165) is 39.1 Å². The van der Waals surface area contributed by atoms with Gasteiger partial charge in [0.05, 0.1) is 28.2 Å². The molecule has 204 valence electrons. The Morgan fingerprint density at radius 1 is 0.829 bits per heavy atom. The van der Waals surface area contributed by atoms with Crippen molar-refractivity contribution in [3.63, 3.8) is 0 Å². The first-order chi connectivity index (χ1) is 19.3. The zero-order valence-corrected chi connectivity index (χ0v) is 25.1. The molecule has 0 aliphatic heterocycles. The molecule has 1 N–H and O–H groups in total. The summed E-state index contributed by atoms with van der Waals surface area (Å²) in [4.78, 5) is 9.72. The molecule has 2 aromatic heterocycles. The maximum Gasteiger partial charge on any atom is 0.148 e. The number of aromatic hydroxyl groups is 1. The fraction of sp³-hybridized carbons (Fsp3) is 0.114. The van der Waals surface area contributed by atoms with Crippen molar-refractivity contribution in [2.75, 3.05) is 0 Å². The van der Waals surface area contributed by atoms with Crippen LogP contribution in [0.5, 0.6) is 5.75 Å². The Hall–Kier alpha value is -4.52. The standard InChI is InChI=1S/C35H27N4O.Pt/c1-35(2,3)26-20-24(19-25(21-26)30-14-6-7-17-37-30)28-13-9-15-31-33(28)38-34(29-12-4-5-16-32(29)40)39(31)27-11-8-10-23(18-27)22-36;/h4-18,20-21,40H,1-3H3;/q-1;. The number of benzene rings is 4. The predicted octanol–water partition coefficient (Wildman–Crippen LogP) is 8.09. The molecule has 0 fully saturated rings. The topological polar surface area (TPSA) is 74.7 Å². The molecule has 0 spiro atoms. The molecule has 6 heteroatoms. The molecule has 0 saturated carbocycles. The Bertz CT molecular complexity index is 1910. The number of nitriles is 1. The Morgan fingerprint density at radius 2 is 1.56 bits per heavy atom. The minimum Gasteiger partial charge on any atom is -0.507 e. The van der Waals surface area contributed by atoms with Crippen LogP contribution in [-0.4, -0.2) is 19.6 Å². The number of para-hydroxylation sites is 2. The third kappa shape index (κ3) is 5.32. The van der Waals surface area contributed by atoms with Gasteiger partial charge >= 0.3 is 0 Å². The molecule has 41 heavy (non-hydrogen) atoms. The van der Waals surface area contributed by atoms with Gasteiger partial charge < -0.3 is 5.11 Å². The molecule has 0 radical (unpaired) electrons. The molecule has 4 aromatic carbocycles. The van der Waals surface area contributed by atoms with Gasteiger partial charge in [-0.1, -0.05) is 74.4 Å². The molecule has 0 aliphatic rings. The molecule has 0 unspecified atom stereocenters. The summed E-state index contributed by atoms with van der Waals surface area (Å²) in [6, 6.07) is 36.8. The fourth-order valence-electron chi connectivity index (χ4n) is 4.94. The van der Waals surface area contributed by atoms with Crippen LogP contribution in [0.25, 0.3) is 50.5 Å². The van der Waals surface area contributed by atoms with Crippen LogP contribution >= 0.6 is 0 Å². The second kappa shape index (κ2) is 11.2. The first-order valence-corrected chi connectivity index (χ1v) is 13.1. The van der Waals surface area contributed by atoms with E-state index in [-0.39, 0.29) is 32.2 Å². The summed E-state index contributed by atoms with van der Waals surface area (Å²) in [7, 11) is 0. The first kappa shape index (κ1) is 28.0. The van der Waals surface area contributed by atoms with Crippen molar-refractivity contribution in [2.45, 2.75) is 26.2 Å². The van der Waals surface area contributed by atoms with Crippen molar-refractivity contribution in [3.8, 4) is 51.3 Å². The Kier molecular flexibility index (Phi) is 7.63. The van der Waals surface area contributed by atoms with Crippen LogP contribution in [0.1, 0.15) is 31.9 Å². The third-order valence-corrected chi connectivity index (χ3v) is 7.03. The van der Waals surface area contributed by atoms with Gasteiger partial charge in [-0.15, -0.1) is 29.3 Å².